The van der Waals surface area contributed by atoms with Crippen LogP contribution < -0.4 is 0 Å². The Balaban J connectivity index is 2.80. The second kappa shape index (κ2) is 5.86. The zero-order chi connectivity index (χ0) is 12.8. The molecule has 0 saturated carbocycles. The van der Waals surface area contributed by atoms with Crippen LogP contribution in [0.25, 0.3) is 0 Å². The van der Waals surface area contributed by atoms with Crippen LogP contribution in [0.1, 0.15) is 18.1 Å². The van der Waals surface area contributed by atoms with Crippen LogP contribution in [0.4, 0.5) is 4.39 Å². The van der Waals surface area contributed by atoms with Gasteiger partial charge in [-0.3, -0.25) is 0 Å². The SMILES string of the molecule is C=C(C#Cc1ccc(C)cc1)/C=C(/F)C(=C)C. The van der Waals surface area contributed by atoms with E-state index < -0.39 is 0 Å². The average molecular weight is 226 g/mol. The lowest BCUT2D eigenvalue weighted by Crippen LogP contribution is -1.78. The van der Waals surface area contributed by atoms with Crippen molar-refractivity contribution in [3.63, 3.8) is 0 Å². The van der Waals surface area contributed by atoms with E-state index in [1.165, 1.54) is 11.6 Å². The van der Waals surface area contributed by atoms with Gasteiger partial charge in [0.2, 0.25) is 0 Å². The van der Waals surface area contributed by atoms with Crippen molar-refractivity contribution < 1.29 is 4.39 Å². The van der Waals surface area contributed by atoms with Crippen molar-refractivity contribution in [1.82, 2.24) is 0 Å². The Hall–Kier alpha value is -2.07. The molecule has 0 unspecified atom stereocenters. The molecule has 0 aliphatic carbocycles. The van der Waals surface area contributed by atoms with E-state index in [2.05, 4.69) is 25.0 Å². The van der Waals surface area contributed by atoms with E-state index in [1.54, 1.807) is 6.92 Å². The minimum absolute atomic E-state index is 0.378. The van der Waals surface area contributed by atoms with E-state index in [0.29, 0.717) is 11.1 Å². The first-order chi connectivity index (χ1) is 7.99. The lowest BCUT2D eigenvalue weighted by atomic mass is 10.1. The summed E-state index contributed by atoms with van der Waals surface area (Å²) in [5, 5.41) is 0. The number of hydrogen-bond donors (Lipinski definition) is 0. The third-order valence-corrected chi connectivity index (χ3v) is 2.13. The number of aryl methyl sites for hydroxylation is 1. The first-order valence-electron chi connectivity index (χ1n) is 5.29. The molecular formula is C16H15F. The molecule has 0 spiro atoms. The summed E-state index contributed by atoms with van der Waals surface area (Å²) in [5.41, 5.74) is 2.89. The summed E-state index contributed by atoms with van der Waals surface area (Å²) in [7, 11) is 0. The second-order valence-electron chi connectivity index (χ2n) is 3.91. The van der Waals surface area contributed by atoms with E-state index in [-0.39, 0.29) is 5.83 Å². The monoisotopic (exact) mass is 226 g/mol. The normalized spacial score (nSPS) is 10.4. The molecule has 0 fully saturated rings. The first kappa shape index (κ1) is 13.0. The summed E-state index contributed by atoms with van der Waals surface area (Å²) in [6, 6.07) is 7.82. The lowest BCUT2D eigenvalue weighted by Gasteiger charge is -1.93. The Bertz CT molecular complexity index is 519. The van der Waals surface area contributed by atoms with E-state index >= 15 is 0 Å². The molecule has 0 heterocycles. The van der Waals surface area contributed by atoms with Gasteiger partial charge in [-0.05, 0) is 37.6 Å². The topological polar surface area (TPSA) is 0 Å². The quantitative estimate of drug-likeness (QED) is 0.520. The maximum Gasteiger partial charge on any atom is 0.126 e. The minimum atomic E-state index is -0.381. The summed E-state index contributed by atoms with van der Waals surface area (Å²) >= 11 is 0. The molecule has 0 radical (unpaired) electrons. The molecule has 0 N–H and O–H groups in total. The predicted molar refractivity (Wildman–Crippen MR) is 71.2 cm³/mol. The molecule has 0 aliphatic heterocycles. The molecule has 1 aromatic carbocycles. The van der Waals surface area contributed by atoms with Crippen molar-refractivity contribution in [3.05, 3.63) is 71.6 Å². The third kappa shape index (κ3) is 4.53. The van der Waals surface area contributed by atoms with Crippen molar-refractivity contribution in [2.45, 2.75) is 13.8 Å². The molecular weight excluding hydrogens is 211 g/mol. The lowest BCUT2D eigenvalue weighted by molar-refractivity contribution is 0.652. The largest absolute Gasteiger partial charge is 0.207 e. The Kier molecular flexibility index (Phi) is 4.48. The van der Waals surface area contributed by atoms with Gasteiger partial charge < -0.3 is 0 Å². The highest BCUT2D eigenvalue weighted by molar-refractivity contribution is 5.46. The highest BCUT2D eigenvalue weighted by atomic mass is 19.1. The number of hydrogen-bond acceptors (Lipinski definition) is 0. The molecule has 0 saturated heterocycles. The average Bonchev–Trinajstić information content (AvgIpc) is 2.28. The van der Waals surface area contributed by atoms with E-state index in [1.807, 2.05) is 31.2 Å². The van der Waals surface area contributed by atoms with Crippen LogP contribution in [0.5, 0.6) is 0 Å². The highest BCUT2D eigenvalue weighted by Crippen LogP contribution is 2.10. The number of benzene rings is 1. The first-order valence-corrected chi connectivity index (χ1v) is 5.29. The molecule has 17 heavy (non-hydrogen) atoms. The van der Waals surface area contributed by atoms with Gasteiger partial charge in [-0.25, -0.2) is 4.39 Å². The summed E-state index contributed by atoms with van der Waals surface area (Å²) in [6.07, 6.45) is 1.30. The van der Waals surface area contributed by atoms with Crippen molar-refractivity contribution >= 4 is 0 Å². The van der Waals surface area contributed by atoms with Crippen molar-refractivity contribution in [2.24, 2.45) is 0 Å². The molecule has 86 valence electrons. The van der Waals surface area contributed by atoms with Gasteiger partial charge in [0.15, 0.2) is 0 Å². The highest BCUT2D eigenvalue weighted by Gasteiger charge is 1.94. The number of halogens is 1. The van der Waals surface area contributed by atoms with E-state index in [4.69, 9.17) is 0 Å². The summed E-state index contributed by atoms with van der Waals surface area (Å²) in [4.78, 5) is 0. The van der Waals surface area contributed by atoms with Crippen molar-refractivity contribution in [1.29, 1.82) is 0 Å². The van der Waals surface area contributed by atoms with Gasteiger partial charge >= 0.3 is 0 Å². The van der Waals surface area contributed by atoms with Gasteiger partial charge in [0.1, 0.15) is 5.83 Å². The third-order valence-electron chi connectivity index (χ3n) is 2.13. The van der Waals surface area contributed by atoms with Crippen molar-refractivity contribution in [2.75, 3.05) is 0 Å². The number of allylic oxidation sites excluding steroid dienone is 4. The maximum atomic E-state index is 13.2. The van der Waals surface area contributed by atoms with Crippen molar-refractivity contribution in [3.8, 4) is 11.8 Å². The fraction of sp³-hybridized carbons (Fsp3) is 0.125. The van der Waals surface area contributed by atoms with Crippen LogP contribution in [0.3, 0.4) is 0 Å². The van der Waals surface area contributed by atoms with Gasteiger partial charge in [0.05, 0.1) is 0 Å². The fourth-order valence-electron chi connectivity index (χ4n) is 1.10. The van der Waals surface area contributed by atoms with Gasteiger partial charge in [0.25, 0.3) is 0 Å². The van der Waals surface area contributed by atoms with Gasteiger partial charge in [-0.1, -0.05) is 42.7 Å². The van der Waals surface area contributed by atoms with Crippen LogP contribution >= 0.6 is 0 Å². The summed E-state index contributed by atoms with van der Waals surface area (Å²) in [6.45, 7) is 10.8. The Morgan fingerprint density at radius 1 is 1.24 bits per heavy atom. The maximum absolute atomic E-state index is 13.2. The Labute approximate surface area is 102 Å². The molecule has 1 rings (SSSR count). The smallest absolute Gasteiger partial charge is 0.126 e. The zero-order valence-corrected chi connectivity index (χ0v) is 10.2. The molecule has 0 bridgehead atoms. The standard InChI is InChI=1S/C16H15F/c1-12(2)16(17)11-14(4)7-10-15-8-5-13(3)6-9-15/h5-6,8-9,11H,1,4H2,2-3H3/b16-11+. The van der Waals surface area contributed by atoms with Gasteiger partial charge in [0, 0.05) is 11.1 Å². The molecule has 0 aliphatic rings. The molecule has 0 aromatic heterocycles. The molecule has 0 amide bonds. The molecule has 0 atom stereocenters. The van der Waals surface area contributed by atoms with Gasteiger partial charge in [-0.2, -0.15) is 0 Å². The summed E-state index contributed by atoms with van der Waals surface area (Å²) in [5.74, 6) is 5.35. The Morgan fingerprint density at radius 3 is 2.35 bits per heavy atom. The summed E-state index contributed by atoms with van der Waals surface area (Å²) < 4.78 is 13.2. The predicted octanol–water partition coefficient (Wildman–Crippen LogP) is 4.33. The van der Waals surface area contributed by atoms with E-state index in [0.717, 1.165) is 5.56 Å². The molecule has 1 aromatic rings. The van der Waals surface area contributed by atoms with Crippen LogP contribution in [0.15, 0.2) is 60.5 Å². The Morgan fingerprint density at radius 2 is 1.82 bits per heavy atom. The fourth-order valence-corrected chi connectivity index (χ4v) is 1.10. The number of rotatable bonds is 2. The zero-order valence-electron chi connectivity index (χ0n) is 10.2. The van der Waals surface area contributed by atoms with Crippen LogP contribution in [0.2, 0.25) is 0 Å². The van der Waals surface area contributed by atoms with E-state index in [9.17, 15) is 4.39 Å². The van der Waals surface area contributed by atoms with Gasteiger partial charge in [-0.15, -0.1) is 0 Å². The minimum Gasteiger partial charge on any atom is -0.207 e. The van der Waals surface area contributed by atoms with Crippen LogP contribution in [-0.4, -0.2) is 0 Å². The molecule has 1 heteroatoms. The second-order valence-corrected chi connectivity index (χ2v) is 3.91. The van der Waals surface area contributed by atoms with Crippen LogP contribution in [-0.2, 0) is 0 Å². The molecule has 0 nitrogen and oxygen atoms in total. The van der Waals surface area contributed by atoms with Crippen LogP contribution in [0, 0.1) is 18.8 Å².